The van der Waals surface area contributed by atoms with Crippen LogP contribution in [0.5, 0.6) is 0 Å². The molecule has 1 atom stereocenters. The Morgan fingerprint density at radius 3 is 2.59 bits per heavy atom. The molecule has 6 nitrogen and oxygen atoms in total. The van der Waals surface area contributed by atoms with Gasteiger partial charge in [0.25, 0.3) is 5.91 Å². The van der Waals surface area contributed by atoms with E-state index in [0.717, 1.165) is 19.3 Å². The number of sulfonamides is 1. The van der Waals surface area contributed by atoms with Gasteiger partial charge in [-0.3, -0.25) is 4.79 Å². The van der Waals surface area contributed by atoms with Crippen LogP contribution in [0.3, 0.4) is 0 Å². The standard InChI is InChI=1S/C20H27N3O3S/c1-4-16-7-9-17(10-8-16)21-20(24)19-12-18(14-22(19)3)27(25,26)23-11-5-6-15(2)13-23/h7-10,12,14-15H,4-6,11,13H2,1-3H3,(H,21,24)/t15-/m0/s1. The van der Waals surface area contributed by atoms with E-state index < -0.39 is 10.0 Å². The maximum atomic E-state index is 12.9. The van der Waals surface area contributed by atoms with E-state index in [2.05, 4.69) is 19.2 Å². The van der Waals surface area contributed by atoms with E-state index in [-0.39, 0.29) is 10.8 Å². The number of piperidine rings is 1. The Morgan fingerprint density at radius 1 is 1.26 bits per heavy atom. The minimum absolute atomic E-state index is 0.172. The topological polar surface area (TPSA) is 71.4 Å². The Labute approximate surface area is 161 Å². The van der Waals surface area contributed by atoms with Gasteiger partial charge < -0.3 is 9.88 Å². The van der Waals surface area contributed by atoms with Crippen LogP contribution in [0.15, 0.2) is 41.4 Å². The minimum atomic E-state index is -3.58. The third-order valence-electron chi connectivity index (χ3n) is 5.09. The molecule has 27 heavy (non-hydrogen) atoms. The van der Waals surface area contributed by atoms with Gasteiger partial charge in [0.1, 0.15) is 10.6 Å². The smallest absolute Gasteiger partial charge is 0.272 e. The maximum Gasteiger partial charge on any atom is 0.272 e. The van der Waals surface area contributed by atoms with E-state index in [0.29, 0.717) is 30.4 Å². The van der Waals surface area contributed by atoms with Crippen LogP contribution in [0, 0.1) is 5.92 Å². The molecule has 0 saturated carbocycles. The van der Waals surface area contributed by atoms with Crippen LogP contribution in [-0.2, 0) is 23.5 Å². The summed E-state index contributed by atoms with van der Waals surface area (Å²) in [5, 5.41) is 2.83. The summed E-state index contributed by atoms with van der Waals surface area (Å²) in [4.78, 5) is 12.8. The highest BCUT2D eigenvalue weighted by atomic mass is 32.2. The molecule has 1 aromatic carbocycles. The molecule has 1 saturated heterocycles. The zero-order chi connectivity index (χ0) is 19.6. The Hall–Kier alpha value is -2.12. The van der Waals surface area contributed by atoms with Gasteiger partial charge in [0.05, 0.1) is 0 Å². The van der Waals surface area contributed by atoms with Crippen molar-refractivity contribution in [2.75, 3.05) is 18.4 Å². The number of amides is 1. The van der Waals surface area contributed by atoms with Gasteiger partial charge in [0.2, 0.25) is 10.0 Å². The summed E-state index contributed by atoms with van der Waals surface area (Å²) < 4.78 is 29.0. The van der Waals surface area contributed by atoms with Gasteiger partial charge in [-0.2, -0.15) is 4.31 Å². The number of carbonyl (C=O) groups excluding carboxylic acids is 1. The van der Waals surface area contributed by atoms with Crippen molar-refractivity contribution in [2.24, 2.45) is 13.0 Å². The van der Waals surface area contributed by atoms with Gasteiger partial charge in [0.15, 0.2) is 0 Å². The van der Waals surface area contributed by atoms with Crippen LogP contribution in [0.1, 0.15) is 42.7 Å². The van der Waals surface area contributed by atoms with Gasteiger partial charge in [0, 0.05) is 32.0 Å². The lowest BCUT2D eigenvalue weighted by atomic mass is 10.0. The first kappa shape index (κ1) is 19.6. The number of benzene rings is 1. The van der Waals surface area contributed by atoms with Gasteiger partial charge in [-0.15, -0.1) is 0 Å². The zero-order valence-corrected chi connectivity index (χ0v) is 16.9. The van der Waals surface area contributed by atoms with Crippen molar-refractivity contribution in [2.45, 2.75) is 38.0 Å². The van der Waals surface area contributed by atoms with E-state index in [1.165, 1.54) is 22.1 Å². The highest BCUT2D eigenvalue weighted by Crippen LogP contribution is 2.25. The van der Waals surface area contributed by atoms with Crippen LogP contribution in [0.2, 0.25) is 0 Å². The third-order valence-corrected chi connectivity index (χ3v) is 6.92. The lowest BCUT2D eigenvalue weighted by Crippen LogP contribution is -2.38. The van der Waals surface area contributed by atoms with Gasteiger partial charge >= 0.3 is 0 Å². The van der Waals surface area contributed by atoms with E-state index in [4.69, 9.17) is 0 Å². The van der Waals surface area contributed by atoms with Crippen LogP contribution < -0.4 is 5.32 Å². The molecule has 0 bridgehead atoms. The van der Waals surface area contributed by atoms with Crippen LogP contribution in [0.25, 0.3) is 0 Å². The third kappa shape index (κ3) is 4.25. The van der Waals surface area contributed by atoms with Crippen LogP contribution in [-0.4, -0.2) is 36.3 Å². The molecule has 1 aliphatic heterocycles. The van der Waals surface area contributed by atoms with E-state index in [1.807, 2.05) is 24.3 Å². The number of hydrogen-bond donors (Lipinski definition) is 1. The van der Waals surface area contributed by atoms with Crippen molar-refractivity contribution >= 4 is 21.6 Å². The normalized spacial score (nSPS) is 18.4. The average molecular weight is 390 g/mol. The number of anilines is 1. The van der Waals surface area contributed by atoms with Crippen molar-refractivity contribution in [3.63, 3.8) is 0 Å². The molecule has 1 fully saturated rings. The van der Waals surface area contributed by atoms with E-state index in [9.17, 15) is 13.2 Å². The summed E-state index contributed by atoms with van der Waals surface area (Å²) in [5.41, 5.74) is 2.20. The number of nitrogens with zero attached hydrogens (tertiary/aromatic N) is 2. The van der Waals surface area contributed by atoms with Gasteiger partial charge in [-0.05, 0) is 48.9 Å². The molecule has 0 spiro atoms. The summed E-state index contributed by atoms with van der Waals surface area (Å²) in [7, 11) is -1.89. The van der Waals surface area contributed by atoms with Crippen molar-refractivity contribution in [1.29, 1.82) is 0 Å². The maximum absolute atomic E-state index is 12.9. The highest BCUT2D eigenvalue weighted by molar-refractivity contribution is 7.89. The number of aromatic nitrogens is 1. The number of aryl methyl sites for hydroxylation is 2. The molecule has 1 aromatic heterocycles. The molecule has 2 heterocycles. The molecule has 1 amide bonds. The molecule has 2 aromatic rings. The second kappa shape index (κ2) is 7.86. The van der Waals surface area contributed by atoms with Crippen molar-refractivity contribution in [1.82, 2.24) is 8.87 Å². The average Bonchev–Trinajstić information content (AvgIpc) is 3.05. The molecule has 1 aliphatic rings. The lowest BCUT2D eigenvalue weighted by Gasteiger charge is -2.29. The summed E-state index contributed by atoms with van der Waals surface area (Å²) in [6.07, 6.45) is 4.37. The lowest BCUT2D eigenvalue weighted by molar-refractivity contribution is 0.101. The fourth-order valence-corrected chi connectivity index (χ4v) is 5.10. The van der Waals surface area contributed by atoms with Crippen molar-refractivity contribution in [3.8, 4) is 0 Å². The highest BCUT2D eigenvalue weighted by Gasteiger charge is 2.30. The Balaban J connectivity index is 1.79. The largest absolute Gasteiger partial charge is 0.345 e. The summed E-state index contributed by atoms with van der Waals surface area (Å²) in [6, 6.07) is 9.10. The molecule has 3 rings (SSSR count). The van der Waals surface area contributed by atoms with Gasteiger partial charge in [-0.1, -0.05) is 26.0 Å². The van der Waals surface area contributed by atoms with Crippen LogP contribution >= 0.6 is 0 Å². The van der Waals surface area contributed by atoms with Gasteiger partial charge in [-0.25, -0.2) is 8.42 Å². The quantitative estimate of drug-likeness (QED) is 0.853. The number of nitrogens with one attached hydrogen (secondary N) is 1. The predicted octanol–water partition coefficient (Wildman–Crippen LogP) is 3.26. The monoisotopic (exact) mass is 389 g/mol. The Morgan fingerprint density at radius 2 is 1.96 bits per heavy atom. The Kier molecular flexibility index (Phi) is 5.72. The predicted molar refractivity (Wildman–Crippen MR) is 106 cm³/mol. The first-order valence-corrected chi connectivity index (χ1v) is 10.8. The second-order valence-electron chi connectivity index (χ2n) is 7.29. The zero-order valence-electron chi connectivity index (χ0n) is 16.1. The summed E-state index contributed by atoms with van der Waals surface area (Å²) in [6.45, 7) is 5.20. The summed E-state index contributed by atoms with van der Waals surface area (Å²) in [5.74, 6) is 0.0290. The fourth-order valence-electron chi connectivity index (χ4n) is 3.43. The fraction of sp³-hybridized carbons (Fsp3) is 0.450. The van der Waals surface area contributed by atoms with E-state index >= 15 is 0 Å². The molecular formula is C20H27N3O3S. The molecule has 0 unspecified atom stereocenters. The van der Waals surface area contributed by atoms with Crippen molar-refractivity contribution in [3.05, 3.63) is 47.8 Å². The molecule has 1 N–H and O–H groups in total. The summed E-state index contributed by atoms with van der Waals surface area (Å²) >= 11 is 0. The molecule has 0 radical (unpaired) electrons. The van der Waals surface area contributed by atoms with Crippen LogP contribution in [0.4, 0.5) is 5.69 Å². The first-order valence-electron chi connectivity index (χ1n) is 9.38. The minimum Gasteiger partial charge on any atom is -0.345 e. The number of rotatable bonds is 5. The van der Waals surface area contributed by atoms with Crippen molar-refractivity contribution < 1.29 is 13.2 Å². The molecule has 0 aliphatic carbocycles. The first-order chi connectivity index (χ1) is 12.8. The molecule has 7 heteroatoms. The SMILES string of the molecule is CCc1ccc(NC(=O)c2cc(S(=O)(=O)N3CCC[C@H](C)C3)cn2C)cc1. The van der Waals surface area contributed by atoms with E-state index in [1.54, 1.807) is 11.6 Å². The Bertz CT molecular complexity index is 916. The number of hydrogen-bond acceptors (Lipinski definition) is 3. The second-order valence-corrected chi connectivity index (χ2v) is 9.22. The molecular weight excluding hydrogens is 362 g/mol. The number of carbonyl (C=O) groups is 1. The molecule has 146 valence electrons.